The van der Waals surface area contributed by atoms with E-state index in [4.69, 9.17) is 5.73 Å². The van der Waals surface area contributed by atoms with Crippen LogP contribution in [0.1, 0.15) is 87.1 Å². The van der Waals surface area contributed by atoms with Crippen LogP contribution in [0.4, 0.5) is 0 Å². The fourth-order valence-corrected chi connectivity index (χ4v) is 5.27. The molecule has 1 aromatic heterocycles. The van der Waals surface area contributed by atoms with Crippen LogP contribution in [0.25, 0.3) is 10.9 Å². The molecule has 0 radical (unpaired) electrons. The molecule has 45 heavy (non-hydrogen) atoms. The third kappa shape index (κ3) is 9.23. The molecule has 0 unspecified atom stereocenters. The van der Waals surface area contributed by atoms with Crippen LogP contribution in [-0.4, -0.2) is 46.0 Å². The van der Waals surface area contributed by atoms with Gasteiger partial charge in [-0.25, -0.2) is 0 Å². The van der Waals surface area contributed by atoms with Crippen molar-refractivity contribution in [1.82, 2.24) is 10.3 Å². The molecule has 0 saturated heterocycles. The van der Waals surface area contributed by atoms with Crippen molar-refractivity contribution in [2.75, 3.05) is 0 Å². The van der Waals surface area contributed by atoms with Gasteiger partial charge in [-0.15, -0.1) is 0 Å². The largest absolute Gasteiger partial charge is 0.366 e. The van der Waals surface area contributed by atoms with Crippen molar-refractivity contribution in [2.45, 2.75) is 73.3 Å². The second kappa shape index (κ2) is 15.0. The number of pyridine rings is 1. The number of Topliss-reactive ketones (excluding diaryl/α,β-unsaturated/α-hetero) is 4. The average Bonchev–Trinajstić information content (AvgIpc) is 2.99. The quantitative estimate of drug-likeness (QED) is 0.179. The zero-order valence-electron chi connectivity index (χ0n) is 26.9. The SMILES string of the molecule is CC(C)[C@H](CC(=O)[C@H](C)NC(=O)[C@@H](CC(=O)c1ccnc2ccccc12)C(C)(C)C)C(=O)C(=O)CCc1ccc(C(N)=O)cc1. The van der Waals surface area contributed by atoms with Gasteiger partial charge in [0.2, 0.25) is 17.6 Å². The van der Waals surface area contributed by atoms with Crippen LogP contribution in [0.15, 0.2) is 60.8 Å². The summed E-state index contributed by atoms with van der Waals surface area (Å²) in [7, 11) is 0. The van der Waals surface area contributed by atoms with Crippen LogP contribution >= 0.6 is 0 Å². The van der Waals surface area contributed by atoms with Crippen LogP contribution < -0.4 is 11.1 Å². The van der Waals surface area contributed by atoms with Gasteiger partial charge in [-0.1, -0.05) is 65.0 Å². The molecule has 9 nitrogen and oxygen atoms in total. The van der Waals surface area contributed by atoms with Gasteiger partial charge in [-0.2, -0.15) is 0 Å². The molecule has 238 valence electrons. The highest BCUT2D eigenvalue weighted by molar-refractivity contribution is 6.38. The molecule has 3 rings (SSSR count). The predicted octanol–water partition coefficient (Wildman–Crippen LogP) is 5.08. The van der Waals surface area contributed by atoms with E-state index in [0.717, 1.165) is 5.56 Å². The summed E-state index contributed by atoms with van der Waals surface area (Å²) >= 11 is 0. The highest BCUT2D eigenvalue weighted by Crippen LogP contribution is 2.31. The van der Waals surface area contributed by atoms with E-state index in [1.807, 2.05) is 45.0 Å². The lowest BCUT2D eigenvalue weighted by Crippen LogP contribution is -2.46. The van der Waals surface area contributed by atoms with Gasteiger partial charge in [0, 0.05) is 47.9 Å². The third-order valence-electron chi connectivity index (χ3n) is 8.26. The minimum absolute atomic E-state index is 0.0352. The predicted molar refractivity (Wildman–Crippen MR) is 172 cm³/mol. The van der Waals surface area contributed by atoms with Crippen LogP contribution in [-0.2, 0) is 25.6 Å². The van der Waals surface area contributed by atoms with Gasteiger partial charge in [-0.05, 0) is 54.5 Å². The summed E-state index contributed by atoms with van der Waals surface area (Å²) in [5.74, 6) is -4.59. The molecule has 3 atom stereocenters. The Morgan fingerprint density at radius 2 is 1.51 bits per heavy atom. The number of amides is 2. The van der Waals surface area contributed by atoms with E-state index in [-0.39, 0.29) is 36.7 Å². The number of para-hydroxylation sites is 1. The molecule has 0 aliphatic rings. The summed E-state index contributed by atoms with van der Waals surface area (Å²) in [6, 6.07) is 14.5. The number of carbonyl (C=O) groups excluding carboxylic acids is 6. The zero-order chi connectivity index (χ0) is 33.5. The Labute approximate surface area is 264 Å². The topological polar surface area (TPSA) is 153 Å². The van der Waals surface area contributed by atoms with Gasteiger partial charge in [0.25, 0.3) is 0 Å². The summed E-state index contributed by atoms with van der Waals surface area (Å²) in [4.78, 5) is 81.7. The van der Waals surface area contributed by atoms with E-state index >= 15 is 0 Å². The lowest BCUT2D eigenvalue weighted by atomic mass is 9.76. The van der Waals surface area contributed by atoms with Crippen LogP contribution in [0, 0.1) is 23.2 Å². The summed E-state index contributed by atoms with van der Waals surface area (Å²) in [6.07, 6.45) is 1.59. The lowest BCUT2D eigenvalue weighted by molar-refractivity contribution is -0.141. The van der Waals surface area contributed by atoms with Crippen LogP contribution in [0.3, 0.4) is 0 Å². The number of nitrogens with two attached hydrogens (primary N) is 1. The molecule has 0 aliphatic heterocycles. The van der Waals surface area contributed by atoms with Crippen LogP contribution in [0.5, 0.6) is 0 Å². The Kier molecular flexibility index (Phi) is 11.6. The molecule has 2 aromatic carbocycles. The van der Waals surface area contributed by atoms with Gasteiger partial charge in [0.15, 0.2) is 17.3 Å². The number of nitrogens with one attached hydrogen (secondary N) is 1. The molecule has 1 heterocycles. The van der Waals surface area contributed by atoms with E-state index in [1.165, 1.54) is 0 Å². The van der Waals surface area contributed by atoms with Gasteiger partial charge in [-0.3, -0.25) is 33.8 Å². The summed E-state index contributed by atoms with van der Waals surface area (Å²) in [5.41, 5.74) is 6.97. The van der Waals surface area contributed by atoms with E-state index in [9.17, 15) is 28.8 Å². The van der Waals surface area contributed by atoms with Crippen molar-refractivity contribution in [3.05, 3.63) is 77.5 Å². The Balaban J connectivity index is 1.64. The Morgan fingerprint density at radius 1 is 0.867 bits per heavy atom. The minimum atomic E-state index is -0.924. The second-order valence-electron chi connectivity index (χ2n) is 13.0. The van der Waals surface area contributed by atoms with Gasteiger partial charge >= 0.3 is 0 Å². The van der Waals surface area contributed by atoms with Crippen molar-refractivity contribution in [3.8, 4) is 0 Å². The molecular weight excluding hydrogens is 570 g/mol. The highest BCUT2D eigenvalue weighted by Gasteiger charge is 2.36. The standard InChI is InChI=1S/C36H43N3O6/c1-21(2)27(33(43)30(40)16-13-23-11-14-24(15-12-23)34(37)44)19-31(41)22(3)39-35(45)28(36(4,5)6)20-32(42)26-17-18-38-29-10-8-7-9-25(26)29/h7-12,14-15,17-18,21-22,27-28H,13,16,19-20H2,1-6H3,(H2,37,44)(H,39,45)/t22-,27-,28+/m0/s1. The first kappa shape index (κ1) is 35.0. The Hall–Kier alpha value is -4.53. The molecular formula is C36H43N3O6. The zero-order valence-corrected chi connectivity index (χ0v) is 26.9. The number of nitrogens with zero attached hydrogens (tertiary/aromatic N) is 1. The minimum Gasteiger partial charge on any atom is -0.366 e. The lowest BCUT2D eigenvalue weighted by Gasteiger charge is -2.30. The first-order valence-electron chi connectivity index (χ1n) is 15.3. The maximum atomic E-state index is 13.5. The number of ketones is 4. The summed E-state index contributed by atoms with van der Waals surface area (Å²) < 4.78 is 0. The monoisotopic (exact) mass is 613 g/mol. The molecule has 0 spiro atoms. The first-order valence-corrected chi connectivity index (χ1v) is 15.3. The number of benzene rings is 2. The number of fused-ring (bicyclic) bond motifs is 1. The van der Waals surface area contributed by atoms with Crippen molar-refractivity contribution in [2.24, 2.45) is 28.9 Å². The number of primary amides is 1. The fraction of sp³-hybridized carbons (Fsp3) is 0.417. The maximum Gasteiger partial charge on any atom is 0.248 e. The molecule has 3 N–H and O–H groups in total. The number of hydrogen-bond donors (Lipinski definition) is 2. The Bertz CT molecular complexity index is 1580. The summed E-state index contributed by atoms with van der Waals surface area (Å²) in [6.45, 7) is 10.7. The Morgan fingerprint density at radius 3 is 2.11 bits per heavy atom. The molecule has 0 saturated carbocycles. The van der Waals surface area contributed by atoms with Gasteiger partial charge in [0.1, 0.15) is 0 Å². The smallest absolute Gasteiger partial charge is 0.248 e. The highest BCUT2D eigenvalue weighted by atomic mass is 16.2. The number of aryl methyl sites for hydroxylation is 1. The molecule has 2 amide bonds. The van der Waals surface area contributed by atoms with E-state index < -0.39 is 46.7 Å². The first-order chi connectivity index (χ1) is 21.1. The molecule has 0 fully saturated rings. The van der Waals surface area contributed by atoms with Gasteiger partial charge in [0.05, 0.1) is 17.5 Å². The molecule has 0 aliphatic carbocycles. The molecule has 3 aromatic rings. The maximum absolute atomic E-state index is 13.5. The normalized spacial score (nSPS) is 13.6. The third-order valence-corrected chi connectivity index (χ3v) is 8.26. The number of hydrogen-bond acceptors (Lipinski definition) is 7. The van der Waals surface area contributed by atoms with Crippen molar-refractivity contribution in [1.29, 1.82) is 0 Å². The van der Waals surface area contributed by atoms with Crippen molar-refractivity contribution < 1.29 is 28.8 Å². The number of carbonyl (C=O) groups is 6. The van der Waals surface area contributed by atoms with Crippen LogP contribution in [0.2, 0.25) is 0 Å². The van der Waals surface area contributed by atoms with E-state index in [1.54, 1.807) is 57.3 Å². The van der Waals surface area contributed by atoms with Gasteiger partial charge < -0.3 is 11.1 Å². The number of aromatic nitrogens is 1. The van der Waals surface area contributed by atoms with E-state index in [2.05, 4.69) is 10.3 Å². The fourth-order valence-electron chi connectivity index (χ4n) is 5.27. The van der Waals surface area contributed by atoms with Crippen molar-refractivity contribution in [3.63, 3.8) is 0 Å². The molecule has 0 bridgehead atoms. The molecule has 9 heteroatoms. The average molecular weight is 614 g/mol. The van der Waals surface area contributed by atoms with Crippen molar-refractivity contribution >= 4 is 45.9 Å². The number of rotatable bonds is 15. The summed E-state index contributed by atoms with van der Waals surface area (Å²) in [5, 5.41) is 3.48. The second-order valence-corrected chi connectivity index (χ2v) is 13.0. The van der Waals surface area contributed by atoms with E-state index in [0.29, 0.717) is 28.5 Å².